The van der Waals surface area contributed by atoms with Gasteiger partial charge in [-0.05, 0) is 55.6 Å². The van der Waals surface area contributed by atoms with Gasteiger partial charge in [-0.1, -0.05) is 11.6 Å². The second-order valence-electron chi connectivity index (χ2n) is 5.57. The number of benzene rings is 2. The Kier molecular flexibility index (Phi) is 6.03. The monoisotopic (exact) mass is 404 g/mol. The largest absolute Gasteiger partial charge is 0.497 e. The van der Waals surface area contributed by atoms with Crippen molar-refractivity contribution in [2.45, 2.75) is 17.9 Å². The molecule has 0 spiro atoms. The lowest BCUT2D eigenvalue weighted by Crippen LogP contribution is -2.10. The maximum atomic E-state index is 12.4. The van der Waals surface area contributed by atoms with Gasteiger partial charge >= 0.3 is 5.97 Å². The number of rotatable bonds is 6. The van der Waals surface area contributed by atoms with Crippen molar-refractivity contribution in [3.8, 4) is 17.2 Å². The summed E-state index contributed by atoms with van der Waals surface area (Å²) >= 11 is 7.63. The van der Waals surface area contributed by atoms with E-state index in [1.807, 2.05) is 12.3 Å². The van der Waals surface area contributed by atoms with Gasteiger partial charge in [0.2, 0.25) is 5.89 Å². The molecular weight excluding hydrogens is 388 g/mol. The molecule has 140 valence electrons. The maximum absolute atomic E-state index is 12.4. The lowest BCUT2D eigenvalue weighted by molar-refractivity contribution is 0.0280. The molecule has 0 amide bonds. The number of thioether (sulfide) groups is 1. The van der Waals surface area contributed by atoms with Crippen LogP contribution < -0.4 is 4.74 Å². The van der Waals surface area contributed by atoms with Gasteiger partial charge in [0.05, 0.1) is 17.7 Å². The third-order valence-electron chi connectivity index (χ3n) is 3.80. The van der Waals surface area contributed by atoms with Gasteiger partial charge in [-0.3, -0.25) is 0 Å². The number of hydrogen-bond donors (Lipinski definition) is 0. The van der Waals surface area contributed by atoms with Crippen LogP contribution in [0.15, 0.2) is 51.8 Å². The Balaban J connectivity index is 1.74. The second kappa shape index (κ2) is 8.45. The van der Waals surface area contributed by atoms with Crippen LogP contribution in [0.1, 0.15) is 29.3 Å². The van der Waals surface area contributed by atoms with Crippen molar-refractivity contribution < 1.29 is 18.7 Å². The molecule has 1 atom stereocenters. The Bertz CT molecular complexity index is 943. The predicted molar refractivity (Wildman–Crippen MR) is 103 cm³/mol. The van der Waals surface area contributed by atoms with Crippen molar-refractivity contribution in [1.82, 2.24) is 10.2 Å². The molecule has 0 saturated carbocycles. The van der Waals surface area contributed by atoms with E-state index in [-0.39, 0.29) is 5.89 Å². The van der Waals surface area contributed by atoms with Crippen LogP contribution >= 0.6 is 23.4 Å². The van der Waals surface area contributed by atoms with Crippen molar-refractivity contribution in [2.24, 2.45) is 0 Å². The highest BCUT2D eigenvalue weighted by Crippen LogP contribution is 2.27. The van der Waals surface area contributed by atoms with E-state index in [1.165, 1.54) is 11.8 Å². The summed E-state index contributed by atoms with van der Waals surface area (Å²) in [7, 11) is 1.59. The topological polar surface area (TPSA) is 74.5 Å². The number of carbonyl (C=O) groups is 1. The zero-order valence-corrected chi connectivity index (χ0v) is 16.5. The Morgan fingerprint density at radius 1 is 1.19 bits per heavy atom. The third kappa shape index (κ3) is 4.43. The summed E-state index contributed by atoms with van der Waals surface area (Å²) in [5.41, 5.74) is 1.04. The van der Waals surface area contributed by atoms with Crippen molar-refractivity contribution in [3.63, 3.8) is 0 Å². The van der Waals surface area contributed by atoms with Gasteiger partial charge in [-0.25, -0.2) is 4.79 Å². The van der Waals surface area contributed by atoms with Crippen LogP contribution in [0, 0.1) is 0 Å². The Morgan fingerprint density at radius 2 is 1.93 bits per heavy atom. The minimum Gasteiger partial charge on any atom is -0.497 e. The van der Waals surface area contributed by atoms with E-state index in [1.54, 1.807) is 50.4 Å². The van der Waals surface area contributed by atoms with E-state index >= 15 is 0 Å². The van der Waals surface area contributed by atoms with Gasteiger partial charge in [0.1, 0.15) is 5.75 Å². The van der Waals surface area contributed by atoms with Crippen molar-refractivity contribution in [2.75, 3.05) is 13.4 Å². The van der Waals surface area contributed by atoms with Gasteiger partial charge in [-0.15, -0.1) is 22.0 Å². The number of halogens is 1. The fraction of sp³-hybridized carbons (Fsp3) is 0.211. The number of methoxy groups -OCH3 is 1. The van der Waals surface area contributed by atoms with Gasteiger partial charge in [0.15, 0.2) is 6.10 Å². The number of hydrogen-bond acceptors (Lipinski definition) is 7. The predicted octanol–water partition coefficient (Wildman–Crippen LogP) is 5.04. The quantitative estimate of drug-likeness (QED) is 0.421. The first-order valence-corrected chi connectivity index (χ1v) is 9.64. The van der Waals surface area contributed by atoms with Gasteiger partial charge in [0.25, 0.3) is 5.89 Å². The SMILES string of the molecule is COc1ccc(-c2nnc([C@H](C)OC(=O)c3cc(SC)ccc3Cl)o2)cc1. The molecule has 0 radical (unpaired) electrons. The number of esters is 1. The molecule has 6 nitrogen and oxygen atoms in total. The van der Waals surface area contributed by atoms with Crippen molar-refractivity contribution in [1.29, 1.82) is 0 Å². The molecule has 0 fully saturated rings. The molecule has 1 heterocycles. The molecule has 0 unspecified atom stereocenters. The van der Waals surface area contributed by atoms with Crippen LogP contribution in [0.3, 0.4) is 0 Å². The first-order chi connectivity index (χ1) is 13.0. The highest BCUT2D eigenvalue weighted by molar-refractivity contribution is 7.98. The van der Waals surface area contributed by atoms with Crippen LogP contribution in [0.25, 0.3) is 11.5 Å². The molecule has 27 heavy (non-hydrogen) atoms. The fourth-order valence-corrected chi connectivity index (χ4v) is 2.95. The van der Waals surface area contributed by atoms with E-state index in [4.69, 9.17) is 25.5 Å². The summed E-state index contributed by atoms with van der Waals surface area (Å²) in [6, 6.07) is 12.4. The number of nitrogens with zero attached hydrogens (tertiary/aromatic N) is 2. The summed E-state index contributed by atoms with van der Waals surface area (Å²) in [6.45, 7) is 1.66. The molecule has 1 aromatic heterocycles. The van der Waals surface area contributed by atoms with E-state index < -0.39 is 12.1 Å². The van der Waals surface area contributed by atoms with E-state index in [9.17, 15) is 4.79 Å². The fourth-order valence-electron chi connectivity index (χ4n) is 2.31. The second-order valence-corrected chi connectivity index (χ2v) is 6.85. The molecule has 2 aromatic carbocycles. The number of carbonyl (C=O) groups excluding carboxylic acids is 1. The summed E-state index contributed by atoms with van der Waals surface area (Å²) < 4.78 is 16.2. The molecule has 0 aliphatic heterocycles. The third-order valence-corrected chi connectivity index (χ3v) is 4.86. The molecule has 0 saturated heterocycles. The van der Waals surface area contributed by atoms with Crippen LogP contribution in [-0.4, -0.2) is 29.5 Å². The van der Waals surface area contributed by atoms with E-state index in [0.29, 0.717) is 16.5 Å². The minimum absolute atomic E-state index is 0.200. The first kappa shape index (κ1) is 19.3. The normalized spacial score (nSPS) is 11.9. The van der Waals surface area contributed by atoms with Crippen LogP contribution in [0.4, 0.5) is 0 Å². The molecule has 0 bridgehead atoms. The molecule has 0 N–H and O–H groups in total. The Labute approximate surface area is 165 Å². The average molecular weight is 405 g/mol. The lowest BCUT2D eigenvalue weighted by Gasteiger charge is -2.11. The average Bonchev–Trinajstić information content (AvgIpc) is 3.18. The lowest BCUT2D eigenvalue weighted by atomic mass is 10.2. The van der Waals surface area contributed by atoms with Gasteiger partial charge in [0, 0.05) is 10.5 Å². The Morgan fingerprint density at radius 3 is 2.59 bits per heavy atom. The van der Waals surface area contributed by atoms with Crippen LogP contribution in [0.5, 0.6) is 5.75 Å². The summed E-state index contributed by atoms with van der Waals surface area (Å²) in [5, 5.41) is 8.31. The van der Waals surface area contributed by atoms with Crippen LogP contribution in [0.2, 0.25) is 5.02 Å². The van der Waals surface area contributed by atoms with Crippen molar-refractivity contribution in [3.05, 3.63) is 58.9 Å². The number of ether oxygens (including phenoxy) is 2. The zero-order valence-electron chi connectivity index (χ0n) is 14.9. The van der Waals surface area contributed by atoms with Crippen molar-refractivity contribution >= 4 is 29.3 Å². The molecule has 0 aliphatic carbocycles. The van der Waals surface area contributed by atoms with Gasteiger partial charge < -0.3 is 13.9 Å². The summed E-state index contributed by atoms with van der Waals surface area (Å²) in [4.78, 5) is 13.4. The molecule has 0 aliphatic rings. The van der Waals surface area contributed by atoms with Crippen LogP contribution in [-0.2, 0) is 4.74 Å². The standard InChI is InChI=1S/C19H17ClN2O4S/c1-11(25-19(23)15-10-14(27-3)8-9-16(15)20)17-21-22-18(26-17)12-4-6-13(24-2)7-5-12/h4-11H,1-3H3/t11-/m0/s1. The summed E-state index contributed by atoms with van der Waals surface area (Å²) in [6.07, 6.45) is 1.20. The molecule has 3 rings (SSSR count). The highest BCUT2D eigenvalue weighted by atomic mass is 35.5. The van der Waals surface area contributed by atoms with E-state index in [2.05, 4.69) is 10.2 Å². The Hall–Kier alpha value is -2.51. The minimum atomic E-state index is -0.717. The van der Waals surface area contributed by atoms with Gasteiger partial charge in [-0.2, -0.15) is 0 Å². The van der Waals surface area contributed by atoms with E-state index in [0.717, 1.165) is 16.2 Å². The summed E-state index contributed by atoms with van der Waals surface area (Å²) in [5.74, 6) is 0.710. The molecular formula is C19H17ClN2O4S. The first-order valence-electron chi connectivity index (χ1n) is 8.04. The number of aromatic nitrogens is 2. The smallest absolute Gasteiger partial charge is 0.340 e. The zero-order chi connectivity index (χ0) is 19.4. The maximum Gasteiger partial charge on any atom is 0.340 e. The molecule has 3 aromatic rings. The highest BCUT2D eigenvalue weighted by Gasteiger charge is 2.21. The molecule has 8 heteroatoms.